The maximum atomic E-state index is 15.4. The Bertz CT molecular complexity index is 2010. The van der Waals surface area contributed by atoms with Crippen molar-refractivity contribution < 1.29 is 92.6 Å². The van der Waals surface area contributed by atoms with Crippen LogP contribution in [0.25, 0.3) is 0 Å². The van der Waals surface area contributed by atoms with Crippen molar-refractivity contribution >= 4 is 43.0 Å². The van der Waals surface area contributed by atoms with Gasteiger partial charge in [-0.05, 0) is 9.24 Å². The average Bonchev–Trinajstić information content (AvgIpc) is 3.17. The van der Waals surface area contributed by atoms with E-state index in [2.05, 4.69) is 0 Å². The molecule has 0 fully saturated rings. The quantitative estimate of drug-likeness (QED) is 0.0438. The Kier molecular flexibility index (Phi) is 12.0. The maximum absolute atomic E-state index is 15.4. The largest absolute Gasteiger partial charge is 0.290 e. The summed E-state index contributed by atoms with van der Waals surface area (Å²) in [7, 11) is 1.69. The van der Waals surface area contributed by atoms with Crippen LogP contribution in [0.15, 0.2) is 30.3 Å². The van der Waals surface area contributed by atoms with Crippen molar-refractivity contribution in [1.29, 1.82) is 0 Å². The van der Waals surface area contributed by atoms with Crippen molar-refractivity contribution in [2.45, 2.75) is 0 Å². The van der Waals surface area contributed by atoms with Crippen LogP contribution in [-0.4, -0.2) is 18.1 Å². The number of carbonyl (C=O) groups is 1. The molecule has 5 aromatic rings. The van der Waals surface area contributed by atoms with Crippen molar-refractivity contribution in [3.05, 3.63) is 152 Å². The van der Waals surface area contributed by atoms with Crippen molar-refractivity contribution in [1.82, 2.24) is 0 Å². The summed E-state index contributed by atoms with van der Waals surface area (Å²) in [5.74, 6) is -71.2. The van der Waals surface area contributed by atoms with E-state index in [1.54, 1.807) is 9.24 Å². The Balaban J connectivity index is 0.000000583. The number of ketones is 1. The van der Waals surface area contributed by atoms with Crippen LogP contribution in [0.3, 0.4) is 0 Å². The third-order valence-electron chi connectivity index (χ3n) is 8.03. The smallest absolute Gasteiger partial charge is 0.200 e. The summed E-state index contributed by atoms with van der Waals surface area (Å²) in [6.45, 7) is 0. The molecule has 0 aromatic heterocycles. The first kappa shape index (κ1) is 42.6. The monoisotopic (exact) mass is 832 g/mol. The lowest BCUT2D eigenvalue weighted by atomic mass is 9.12. The van der Waals surface area contributed by atoms with E-state index < -0.39 is 144 Å². The molecule has 1 atom stereocenters. The Labute approximate surface area is 294 Å². The topological polar surface area (TPSA) is 17.1 Å². The van der Waals surface area contributed by atoms with E-state index in [-0.39, 0.29) is 5.78 Å². The second-order valence-electron chi connectivity index (χ2n) is 10.8. The molecular weight excluding hydrogens is 822 g/mol. The first-order valence-corrected chi connectivity index (χ1v) is 15.2. The fourth-order valence-corrected chi connectivity index (χ4v) is 5.93. The van der Waals surface area contributed by atoms with E-state index in [1.807, 2.05) is 30.3 Å². The second-order valence-corrected chi connectivity index (χ2v) is 11.3. The lowest BCUT2D eigenvalue weighted by Gasteiger charge is -2.44. The molecule has 0 bridgehead atoms. The van der Waals surface area contributed by atoms with Crippen LogP contribution in [0.4, 0.5) is 87.8 Å². The molecule has 0 N–H and O–H groups in total. The van der Waals surface area contributed by atoms with E-state index >= 15 is 35.1 Å². The fourth-order valence-electron chi connectivity index (χ4n) is 5.64. The van der Waals surface area contributed by atoms with Crippen LogP contribution in [0.2, 0.25) is 0 Å². The number of rotatable bonds is 6. The number of carbonyl (C=O) groups excluding carboxylic acids is 1. The second kappa shape index (κ2) is 15.5. The SMILES string of the molecule is Fc1c(F)c(F)c([B-](c2c(F)c(F)c(F)c(F)c2F)(c2c(F)c(F)c(F)c(F)c2F)c2c(F)c(F)c(F)c(F)c2F)c(F)c1F.O=C(C[PH3+])c1ccccc1. The summed E-state index contributed by atoms with van der Waals surface area (Å²) in [6, 6.07) is 9.36. The molecule has 0 amide bonds. The predicted molar refractivity (Wildman–Crippen MR) is 156 cm³/mol. The van der Waals surface area contributed by atoms with E-state index in [0.29, 0.717) is 6.16 Å². The highest BCUT2D eigenvalue weighted by Gasteiger charge is 2.52. The van der Waals surface area contributed by atoms with Crippen LogP contribution in [0.5, 0.6) is 0 Å². The third-order valence-corrected chi connectivity index (χ3v) is 8.48. The molecule has 0 saturated heterocycles. The summed E-state index contributed by atoms with van der Waals surface area (Å²) in [5.41, 5.74) is -13.5. The minimum absolute atomic E-state index is 0.221. The van der Waals surface area contributed by atoms with Crippen molar-refractivity contribution in [2.24, 2.45) is 0 Å². The van der Waals surface area contributed by atoms with Crippen LogP contribution in [-0.2, 0) is 0 Å². The minimum atomic E-state index is -7.22. The molecule has 0 saturated carbocycles. The molecule has 5 aromatic carbocycles. The minimum Gasteiger partial charge on any atom is -0.290 e. The highest BCUT2D eigenvalue weighted by atomic mass is 31.0. The van der Waals surface area contributed by atoms with Crippen molar-refractivity contribution in [3.63, 3.8) is 0 Å². The van der Waals surface area contributed by atoms with Gasteiger partial charge in [-0.1, -0.05) is 30.3 Å². The van der Waals surface area contributed by atoms with Crippen LogP contribution >= 0.6 is 9.24 Å². The fraction of sp³-hybridized carbons (Fsp3) is 0.0312. The summed E-state index contributed by atoms with van der Waals surface area (Å²) in [6.07, 6.45) is -6.60. The molecule has 0 heterocycles. The zero-order valence-corrected chi connectivity index (χ0v) is 27.3. The zero-order valence-electron chi connectivity index (χ0n) is 25.8. The Hall–Kier alpha value is -5.14. The zero-order chi connectivity index (χ0) is 41.8. The molecule has 1 nitrogen and oxygen atoms in total. The summed E-state index contributed by atoms with van der Waals surface area (Å²) in [4.78, 5) is 11.0. The summed E-state index contributed by atoms with van der Waals surface area (Å²) >= 11 is 0. The number of hydrogen-bond donors (Lipinski definition) is 0. The Morgan fingerprint density at radius 1 is 0.345 bits per heavy atom. The van der Waals surface area contributed by atoms with Gasteiger partial charge in [-0.25, -0.2) is 87.8 Å². The van der Waals surface area contributed by atoms with Gasteiger partial charge in [0.2, 0.25) is 0 Å². The Morgan fingerprint density at radius 3 is 0.709 bits per heavy atom. The summed E-state index contributed by atoms with van der Waals surface area (Å²) in [5, 5.41) is 0. The molecule has 5 rings (SSSR count). The molecule has 0 radical (unpaired) electrons. The van der Waals surface area contributed by atoms with Crippen LogP contribution in [0.1, 0.15) is 10.4 Å². The highest BCUT2D eigenvalue weighted by Crippen LogP contribution is 2.30. The molecule has 292 valence electrons. The van der Waals surface area contributed by atoms with Crippen molar-refractivity contribution in [2.75, 3.05) is 6.16 Å². The standard InChI is InChI=1S/C24BF20.C8H9OP/c26-5-1(6(27)14(35)21(42)13(5)34)25(2-7(28)15(36)22(43)16(37)8(2)29,3-9(30)17(38)23(44)18(39)10(3)31)4-11(32)19(40)24(45)20(41)12(4)33;9-8(6-10)7-4-2-1-3-5-7/h;1-5H,6,10H2/q-1;/p+1. The van der Waals surface area contributed by atoms with Gasteiger partial charge in [0.15, 0.2) is 75.6 Å². The van der Waals surface area contributed by atoms with Gasteiger partial charge in [0.1, 0.15) is 58.8 Å². The molecular formula is C32H10BF20OP. The first-order chi connectivity index (χ1) is 25.5. The third kappa shape index (κ3) is 6.46. The lowest BCUT2D eigenvalue weighted by molar-refractivity contribution is 0.102. The van der Waals surface area contributed by atoms with Gasteiger partial charge >= 0.3 is 0 Å². The first-order valence-electron chi connectivity index (χ1n) is 14.2. The van der Waals surface area contributed by atoms with E-state index in [0.717, 1.165) is 5.56 Å². The van der Waals surface area contributed by atoms with E-state index in [4.69, 9.17) is 0 Å². The van der Waals surface area contributed by atoms with E-state index in [1.165, 1.54) is 0 Å². The van der Waals surface area contributed by atoms with Gasteiger partial charge < -0.3 is 0 Å². The average molecular weight is 832 g/mol. The highest BCUT2D eigenvalue weighted by molar-refractivity contribution is 7.20. The normalized spacial score (nSPS) is 11.6. The number of Topliss-reactive ketones (excluding diaryl/α,β-unsaturated/α-hetero) is 1. The number of benzene rings is 5. The maximum Gasteiger partial charge on any atom is 0.200 e. The molecule has 0 aliphatic carbocycles. The Morgan fingerprint density at radius 2 is 0.527 bits per heavy atom. The molecule has 23 heteroatoms. The summed E-state index contributed by atoms with van der Waals surface area (Å²) < 4.78 is 294. The lowest BCUT2D eigenvalue weighted by Crippen LogP contribution is -2.81. The molecule has 0 spiro atoms. The van der Waals surface area contributed by atoms with Gasteiger partial charge in [-0.3, -0.25) is 4.79 Å². The van der Waals surface area contributed by atoms with Gasteiger partial charge in [0, 0.05) is 5.56 Å². The van der Waals surface area contributed by atoms with E-state index in [9.17, 15) is 57.5 Å². The number of hydrogen-bond acceptors (Lipinski definition) is 1. The number of halogens is 20. The van der Waals surface area contributed by atoms with Gasteiger partial charge in [0.05, 0.1) is 0 Å². The predicted octanol–water partition coefficient (Wildman–Crippen LogP) is 7.32. The van der Waals surface area contributed by atoms with Crippen molar-refractivity contribution in [3.8, 4) is 0 Å². The van der Waals surface area contributed by atoms with Gasteiger partial charge in [-0.2, -0.15) is 0 Å². The molecule has 55 heavy (non-hydrogen) atoms. The molecule has 1 unspecified atom stereocenters. The van der Waals surface area contributed by atoms with Crippen LogP contribution < -0.4 is 21.9 Å². The molecule has 0 aliphatic rings. The van der Waals surface area contributed by atoms with Gasteiger partial charge in [0.25, 0.3) is 0 Å². The van der Waals surface area contributed by atoms with Gasteiger partial charge in [-0.15, -0.1) is 21.9 Å². The van der Waals surface area contributed by atoms with Crippen LogP contribution in [0, 0.1) is 116 Å². The molecule has 0 aliphatic heterocycles.